The van der Waals surface area contributed by atoms with Crippen LogP contribution in [0.3, 0.4) is 0 Å². The molecule has 4 aliphatic rings. The van der Waals surface area contributed by atoms with Crippen LogP contribution in [0.2, 0.25) is 5.02 Å². The SMILES string of the molecule is Nc1ccc(NC(=O)C2C3CC4CC(C3)CC2C4)c(Cl)c1. The van der Waals surface area contributed by atoms with E-state index in [4.69, 9.17) is 17.3 Å². The molecule has 0 radical (unpaired) electrons. The van der Waals surface area contributed by atoms with Crippen LogP contribution in [-0.4, -0.2) is 5.91 Å². The van der Waals surface area contributed by atoms with Crippen LogP contribution in [0.25, 0.3) is 0 Å². The summed E-state index contributed by atoms with van der Waals surface area (Å²) < 4.78 is 0. The summed E-state index contributed by atoms with van der Waals surface area (Å²) in [5.41, 5.74) is 7.00. The lowest BCUT2D eigenvalue weighted by Gasteiger charge is -2.53. The van der Waals surface area contributed by atoms with E-state index in [-0.39, 0.29) is 11.8 Å². The van der Waals surface area contributed by atoms with Crippen LogP contribution in [-0.2, 0) is 4.79 Å². The summed E-state index contributed by atoms with van der Waals surface area (Å²) in [4.78, 5) is 12.7. The number of nitrogens with one attached hydrogen (secondary N) is 1. The van der Waals surface area contributed by atoms with Gasteiger partial charge in [-0.1, -0.05) is 11.6 Å². The predicted octanol–water partition coefficient (Wildman–Crippen LogP) is 3.93. The van der Waals surface area contributed by atoms with Gasteiger partial charge in [-0.25, -0.2) is 0 Å². The van der Waals surface area contributed by atoms with Gasteiger partial charge in [-0.15, -0.1) is 0 Å². The molecule has 0 atom stereocenters. The van der Waals surface area contributed by atoms with Crippen LogP contribution >= 0.6 is 11.6 Å². The van der Waals surface area contributed by atoms with Crippen molar-refractivity contribution in [3.05, 3.63) is 23.2 Å². The second kappa shape index (κ2) is 4.91. The Morgan fingerprint density at radius 1 is 1.10 bits per heavy atom. The van der Waals surface area contributed by atoms with Gasteiger partial charge in [0.2, 0.25) is 5.91 Å². The summed E-state index contributed by atoms with van der Waals surface area (Å²) in [7, 11) is 0. The molecule has 1 aromatic rings. The molecule has 112 valence electrons. The number of rotatable bonds is 2. The van der Waals surface area contributed by atoms with Crippen LogP contribution in [0.5, 0.6) is 0 Å². The first-order valence-corrected chi connectivity index (χ1v) is 8.34. The maximum Gasteiger partial charge on any atom is 0.228 e. The lowest BCUT2D eigenvalue weighted by Crippen LogP contribution is -2.49. The zero-order valence-corrected chi connectivity index (χ0v) is 12.8. The van der Waals surface area contributed by atoms with E-state index >= 15 is 0 Å². The minimum atomic E-state index is 0.162. The quantitative estimate of drug-likeness (QED) is 0.813. The molecule has 1 amide bonds. The molecule has 21 heavy (non-hydrogen) atoms. The number of benzene rings is 1. The normalized spacial score (nSPS) is 36.7. The molecule has 4 fully saturated rings. The van der Waals surface area contributed by atoms with E-state index in [1.165, 1.54) is 32.1 Å². The van der Waals surface area contributed by atoms with Gasteiger partial charge in [-0.2, -0.15) is 0 Å². The Morgan fingerprint density at radius 2 is 1.71 bits per heavy atom. The van der Waals surface area contributed by atoms with Crippen molar-refractivity contribution in [1.29, 1.82) is 0 Å². The highest BCUT2D eigenvalue weighted by atomic mass is 35.5. The van der Waals surface area contributed by atoms with Gasteiger partial charge in [0.1, 0.15) is 0 Å². The monoisotopic (exact) mass is 304 g/mol. The molecule has 0 heterocycles. The minimum absolute atomic E-state index is 0.162. The van der Waals surface area contributed by atoms with E-state index < -0.39 is 0 Å². The summed E-state index contributed by atoms with van der Waals surface area (Å²) >= 11 is 6.17. The fourth-order valence-corrected chi connectivity index (χ4v) is 5.44. The van der Waals surface area contributed by atoms with E-state index in [1.54, 1.807) is 18.2 Å². The molecular formula is C17H21ClN2O. The van der Waals surface area contributed by atoms with Crippen LogP contribution in [0.15, 0.2) is 18.2 Å². The number of carbonyl (C=O) groups excluding carboxylic acids is 1. The first-order valence-electron chi connectivity index (χ1n) is 7.96. The molecule has 3 N–H and O–H groups in total. The van der Waals surface area contributed by atoms with Crippen molar-refractivity contribution in [2.75, 3.05) is 11.1 Å². The van der Waals surface area contributed by atoms with E-state index in [1.807, 2.05) is 0 Å². The number of carbonyl (C=O) groups is 1. The van der Waals surface area contributed by atoms with Gasteiger partial charge in [0.25, 0.3) is 0 Å². The highest BCUT2D eigenvalue weighted by molar-refractivity contribution is 6.34. The second-order valence-corrected chi connectivity index (χ2v) is 7.59. The van der Waals surface area contributed by atoms with Gasteiger partial charge < -0.3 is 11.1 Å². The van der Waals surface area contributed by atoms with Crippen molar-refractivity contribution in [3.8, 4) is 0 Å². The van der Waals surface area contributed by atoms with E-state index in [0.29, 0.717) is 28.2 Å². The molecule has 4 aliphatic carbocycles. The molecule has 5 rings (SSSR count). The van der Waals surface area contributed by atoms with Gasteiger partial charge in [0.05, 0.1) is 10.7 Å². The Labute approximate surface area is 130 Å². The van der Waals surface area contributed by atoms with Crippen molar-refractivity contribution in [3.63, 3.8) is 0 Å². The Kier molecular flexibility index (Phi) is 3.14. The van der Waals surface area contributed by atoms with Crippen LogP contribution in [0.4, 0.5) is 11.4 Å². The zero-order valence-electron chi connectivity index (χ0n) is 12.0. The third-order valence-electron chi connectivity index (χ3n) is 5.78. The summed E-state index contributed by atoms with van der Waals surface area (Å²) in [6.07, 6.45) is 6.41. The minimum Gasteiger partial charge on any atom is -0.399 e. The third-order valence-corrected chi connectivity index (χ3v) is 6.09. The van der Waals surface area contributed by atoms with E-state index in [0.717, 1.165) is 11.8 Å². The number of nitrogen functional groups attached to an aromatic ring is 1. The zero-order chi connectivity index (χ0) is 14.6. The lowest BCUT2D eigenvalue weighted by atomic mass is 9.51. The number of anilines is 2. The summed E-state index contributed by atoms with van der Waals surface area (Å²) in [5, 5.41) is 3.56. The molecular weight excluding hydrogens is 284 g/mol. The highest BCUT2D eigenvalue weighted by Crippen LogP contribution is 2.56. The second-order valence-electron chi connectivity index (χ2n) is 7.19. The molecule has 3 nitrogen and oxygen atoms in total. The van der Waals surface area contributed by atoms with Crippen LogP contribution in [0, 0.1) is 29.6 Å². The van der Waals surface area contributed by atoms with Crippen molar-refractivity contribution >= 4 is 28.9 Å². The fourth-order valence-electron chi connectivity index (χ4n) is 5.20. The average Bonchev–Trinajstić information content (AvgIpc) is 2.40. The summed E-state index contributed by atoms with van der Waals surface area (Å²) in [6.45, 7) is 0. The molecule has 4 bridgehead atoms. The Hall–Kier alpha value is -1.22. The molecule has 0 saturated heterocycles. The number of halogens is 1. The maximum absolute atomic E-state index is 12.7. The first kappa shape index (κ1) is 13.4. The number of hydrogen-bond acceptors (Lipinski definition) is 2. The van der Waals surface area contributed by atoms with Crippen LogP contribution in [0.1, 0.15) is 32.1 Å². The molecule has 0 aromatic heterocycles. The van der Waals surface area contributed by atoms with Crippen LogP contribution < -0.4 is 11.1 Å². The predicted molar refractivity (Wildman–Crippen MR) is 85.0 cm³/mol. The molecule has 4 saturated carbocycles. The lowest BCUT2D eigenvalue weighted by molar-refractivity contribution is -0.132. The summed E-state index contributed by atoms with van der Waals surface area (Å²) in [5.74, 6) is 3.30. The van der Waals surface area contributed by atoms with Gasteiger partial charge >= 0.3 is 0 Å². The molecule has 0 unspecified atom stereocenters. The maximum atomic E-state index is 12.7. The Morgan fingerprint density at radius 3 is 2.29 bits per heavy atom. The molecule has 1 aromatic carbocycles. The van der Waals surface area contributed by atoms with Gasteiger partial charge in [-0.05, 0) is 74.0 Å². The van der Waals surface area contributed by atoms with Gasteiger partial charge in [0.15, 0.2) is 0 Å². The largest absolute Gasteiger partial charge is 0.399 e. The molecule has 4 heteroatoms. The molecule has 0 spiro atoms. The Balaban J connectivity index is 1.52. The highest BCUT2D eigenvalue weighted by Gasteiger charge is 2.50. The van der Waals surface area contributed by atoms with Gasteiger partial charge in [0, 0.05) is 11.6 Å². The van der Waals surface area contributed by atoms with Crippen molar-refractivity contribution in [2.45, 2.75) is 32.1 Å². The fraction of sp³-hybridized carbons (Fsp3) is 0.588. The van der Waals surface area contributed by atoms with Crippen molar-refractivity contribution in [2.24, 2.45) is 29.6 Å². The van der Waals surface area contributed by atoms with E-state index in [9.17, 15) is 4.79 Å². The standard InChI is InChI=1S/C17H21ClN2O/c18-14-8-13(19)1-2-15(14)20-17(21)16-11-4-9-3-10(6-11)7-12(16)5-9/h1-2,8-12,16H,3-7,19H2,(H,20,21). The van der Waals surface area contributed by atoms with Crippen molar-refractivity contribution in [1.82, 2.24) is 0 Å². The molecule has 0 aliphatic heterocycles. The smallest absolute Gasteiger partial charge is 0.228 e. The third kappa shape index (κ3) is 2.32. The average molecular weight is 305 g/mol. The van der Waals surface area contributed by atoms with E-state index in [2.05, 4.69) is 5.32 Å². The number of nitrogens with two attached hydrogens (primary N) is 1. The van der Waals surface area contributed by atoms with Gasteiger partial charge in [-0.3, -0.25) is 4.79 Å². The number of amides is 1. The topological polar surface area (TPSA) is 55.1 Å². The number of hydrogen-bond donors (Lipinski definition) is 2. The summed E-state index contributed by atoms with van der Waals surface area (Å²) in [6, 6.07) is 5.26. The van der Waals surface area contributed by atoms with Crippen molar-refractivity contribution < 1.29 is 4.79 Å². The Bertz CT molecular complexity index is 558. The first-order chi connectivity index (χ1) is 10.1.